The molecule has 1 atom stereocenters. The normalized spacial score (nSPS) is 20.1. The molecule has 0 saturated carbocycles. The third-order valence-corrected chi connectivity index (χ3v) is 3.19. The predicted molar refractivity (Wildman–Crippen MR) is 68.0 cm³/mol. The molecule has 4 nitrogen and oxygen atoms in total. The fourth-order valence-electron chi connectivity index (χ4n) is 2.19. The van der Waals surface area contributed by atoms with Crippen LogP contribution in [0.1, 0.15) is 31.9 Å². The Morgan fingerprint density at radius 2 is 2.29 bits per heavy atom. The molecule has 1 unspecified atom stereocenters. The van der Waals surface area contributed by atoms with Crippen LogP contribution in [0.4, 0.5) is 10.6 Å². The number of rotatable bonds is 1. The highest BCUT2D eigenvalue weighted by atomic mass is 16.2. The fourth-order valence-corrected chi connectivity index (χ4v) is 2.19. The molecular weight excluding hydrogens is 214 g/mol. The van der Waals surface area contributed by atoms with Gasteiger partial charge in [-0.05, 0) is 45.2 Å². The highest BCUT2D eigenvalue weighted by molar-refractivity contribution is 5.88. The van der Waals surface area contributed by atoms with E-state index in [0.29, 0.717) is 11.9 Å². The SMILES string of the molecule is Cc1cccc(NC(=O)N2CCCCC2C)n1. The first-order chi connectivity index (χ1) is 8.16. The second-order valence-corrected chi connectivity index (χ2v) is 4.63. The Bertz CT molecular complexity index is 405. The van der Waals surface area contributed by atoms with Crippen LogP contribution in [0.15, 0.2) is 18.2 Å². The summed E-state index contributed by atoms with van der Waals surface area (Å²) in [7, 11) is 0. The van der Waals surface area contributed by atoms with Crippen molar-refractivity contribution in [1.29, 1.82) is 0 Å². The lowest BCUT2D eigenvalue weighted by Crippen LogP contribution is -2.44. The van der Waals surface area contributed by atoms with Crippen molar-refractivity contribution in [3.05, 3.63) is 23.9 Å². The van der Waals surface area contributed by atoms with E-state index >= 15 is 0 Å². The molecule has 2 rings (SSSR count). The number of urea groups is 1. The largest absolute Gasteiger partial charge is 0.323 e. The van der Waals surface area contributed by atoms with Crippen LogP contribution >= 0.6 is 0 Å². The molecular formula is C13H19N3O. The van der Waals surface area contributed by atoms with E-state index in [1.165, 1.54) is 6.42 Å². The zero-order valence-electron chi connectivity index (χ0n) is 10.4. The quantitative estimate of drug-likeness (QED) is 0.810. The number of nitrogens with one attached hydrogen (secondary N) is 1. The Labute approximate surface area is 102 Å². The number of piperidine rings is 1. The van der Waals surface area contributed by atoms with Crippen LogP contribution in [0.3, 0.4) is 0 Å². The molecule has 92 valence electrons. The minimum atomic E-state index is -0.0321. The van der Waals surface area contributed by atoms with Gasteiger partial charge in [0.1, 0.15) is 5.82 Å². The lowest BCUT2D eigenvalue weighted by Gasteiger charge is -2.33. The molecule has 17 heavy (non-hydrogen) atoms. The number of carbonyl (C=O) groups excluding carboxylic acids is 1. The van der Waals surface area contributed by atoms with Crippen molar-refractivity contribution in [3.63, 3.8) is 0 Å². The summed E-state index contributed by atoms with van der Waals surface area (Å²) in [5.74, 6) is 0.632. The number of aryl methyl sites for hydroxylation is 1. The number of hydrogen-bond acceptors (Lipinski definition) is 2. The maximum Gasteiger partial charge on any atom is 0.323 e. The first-order valence-corrected chi connectivity index (χ1v) is 6.18. The van der Waals surface area contributed by atoms with Gasteiger partial charge in [0.15, 0.2) is 0 Å². The number of anilines is 1. The molecule has 0 aromatic carbocycles. The molecule has 1 saturated heterocycles. The Kier molecular flexibility index (Phi) is 3.61. The van der Waals surface area contributed by atoms with Gasteiger partial charge in [0.25, 0.3) is 0 Å². The van der Waals surface area contributed by atoms with Gasteiger partial charge in [-0.2, -0.15) is 0 Å². The summed E-state index contributed by atoms with van der Waals surface area (Å²) in [6, 6.07) is 5.93. The molecule has 1 aliphatic rings. The first-order valence-electron chi connectivity index (χ1n) is 6.18. The average molecular weight is 233 g/mol. The summed E-state index contributed by atoms with van der Waals surface area (Å²) in [5, 5.41) is 2.86. The van der Waals surface area contributed by atoms with E-state index in [-0.39, 0.29) is 6.03 Å². The number of hydrogen-bond donors (Lipinski definition) is 1. The third-order valence-electron chi connectivity index (χ3n) is 3.19. The molecule has 0 bridgehead atoms. The maximum absolute atomic E-state index is 12.1. The second-order valence-electron chi connectivity index (χ2n) is 4.63. The van der Waals surface area contributed by atoms with Crippen LogP contribution < -0.4 is 5.32 Å². The smallest absolute Gasteiger partial charge is 0.322 e. The third kappa shape index (κ3) is 2.96. The van der Waals surface area contributed by atoms with Gasteiger partial charge in [0, 0.05) is 18.3 Å². The number of amides is 2. The van der Waals surface area contributed by atoms with Crippen LogP contribution in [0.25, 0.3) is 0 Å². The Morgan fingerprint density at radius 3 is 3.00 bits per heavy atom. The first kappa shape index (κ1) is 11.9. The molecule has 1 aliphatic heterocycles. The number of carbonyl (C=O) groups is 1. The molecule has 2 amide bonds. The lowest BCUT2D eigenvalue weighted by molar-refractivity contribution is 0.170. The summed E-state index contributed by atoms with van der Waals surface area (Å²) in [4.78, 5) is 18.2. The van der Waals surface area contributed by atoms with Gasteiger partial charge in [0.05, 0.1) is 0 Å². The van der Waals surface area contributed by atoms with Crippen LogP contribution in [-0.4, -0.2) is 28.5 Å². The van der Waals surface area contributed by atoms with Gasteiger partial charge in [-0.3, -0.25) is 5.32 Å². The molecule has 2 heterocycles. The Hall–Kier alpha value is -1.58. The monoisotopic (exact) mass is 233 g/mol. The van der Waals surface area contributed by atoms with E-state index < -0.39 is 0 Å². The van der Waals surface area contributed by atoms with E-state index in [1.54, 1.807) is 0 Å². The van der Waals surface area contributed by atoms with E-state index in [4.69, 9.17) is 0 Å². The van der Waals surface area contributed by atoms with Gasteiger partial charge in [0.2, 0.25) is 0 Å². The topological polar surface area (TPSA) is 45.2 Å². The maximum atomic E-state index is 12.1. The Balaban J connectivity index is 2.01. The van der Waals surface area contributed by atoms with Crippen LogP contribution in [0.5, 0.6) is 0 Å². The number of pyridine rings is 1. The van der Waals surface area contributed by atoms with Crippen molar-refractivity contribution in [2.75, 3.05) is 11.9 Å². The van der Waals surface area contributed by atoms with Crippen molar-refractivity contribution in [2.24, 2.45) is 0 Å². The van der Waals surface area contributed by atoms with Crippen molar-refractivity contribution < 1.29 is 4.79 Å². The van der Waals surface area contributed by atoms with E-state index in [2.05, 4.69) is 17.2 Å². The number of likely N-dealkylation sites (tertiary alicyclic amines) is 1. The Morgan fingerprint density at radius 1 is 1.47 bits per heavy atom. The lowest BCUT2D eigenvalue weighted by atomic mass is 10.0. The molecule has 0 radical (unpaired) electrons. The number of nitrogens with zero attached hydrogens (tertiary/aromatic N) is 2. The van der Waals surface area contributed by atoms with Crippen molar-refractivity contribution >= 4 is 11.8 Å². The molecule has 1 fully saturated rings. The summed E-state index contributed by atoms with van der Waals surface area (Å²) < 4.78 is 0. The van der Waals surface area contributed by atoms with E-state index in [0.717, 1.165) is 25.1 Å². The minimum absolute atomic E-state index is 0.0321. The summed E-state index contributed by atoms with van der Waals surface area (Å²) >= 11 is 0. The highest BCUT2D eigenvalue weighted by Gasteiger charge is 2.23. The summed E-state index contributed by atoms with van der Waals surface area (Å²) in [5.41, 5.74) is 0.912. The molecule has 0 aliphatic carbocycles. The van der Waals surface area contributed by atoms with Gasteiger partial charge in [-0.25, -0.2) is 9.78 Å². The molecule has 1 aromatic heterocycles. The van der Waals surface area contributed by atoms with E-state index in [9.17, 15) is 4.79 Å². The second kappa shape index (κ2) is 5.17. The minimum Gasteiger partial charge on any atom is -0.322 e. The molecule has 4 heteroatoms. The van der Waals surface area contributed by atoms with Gasteiger partial charge in [-0.1, -0.05) is 6.07 Å². The van der Waals surface area contributed by atoms with Crippen LogP contribution in [-0.2, 0) is 0 Å². The standard InChI is InChI=1S/C13H19N3O/c1-10-6-5-8-12(14-10)15-13(17)16-9-4-3-7-11(16)2/h5-6,8,11H,3-4,7,9H2,1-2H3,(H,14,15,17). The molecule has 0 spiro atoms. The zero-order valence-corrected chi connectivity index (χ0v) is 10.4. The predicted octanol–water partition coefficient (Wildman–Crippen LogP) is 2.80. The highest BCUT2D eigenvalue weighted by Crippen LogP contribution is 2.17. The van der Waals surface area contributed by atoms with Gasteiger partial charge >= 0.3 is 6.03 Å². The zero-order chi connectivity index (χ0) is 12.3. The van der Waals surface area contributed by atoms with Crippen LogP contribution in [0, 0.1) is 6.92 Å². The number of aromatic nitrogens is 1. The summed E-state index contributed by atoms with van der Waals surface area (Å²) in [6.07, 6.45) is 3.40. The molecule has 1 aromatic rings. The van der Waals surface area contributed by atoms with Crippen molar-refractivity contribution in [2.45, 2.75) is 39.2 Å². The molecule has 1 N–H and O–H groups in total. The van der Waals surface area contributed by atoms with Crippen molar-refractivity contribution in [1.82, 2.24) is 9.88 Å². The average Bonchev–Trinajstić information content (AvgIpc) is 2.29. The van der Waals surface area contributed by atoms with Gasteiger partial charge < -0.3 is 4.90 Å². The fraction of sp³-hybridized carbons (Fsp3) is 0.538. The van der Waals surface area contributed by atoms with Crippen molar-refractivity contribution in [3.8, 4) is 0 Å². The van der Waals surface area contributed by atoms with Gasteiger partial charge in [-0.15, -0.1) is 0 Å². The van der Waals surface area contributed by atoms with E-state index in [1.807, 2.05) is 30.0 Å². The van der Waals surface area contributed by atoms with Crippen LogP contribution in [0.2, 0.25) is 0 Å². The summed E-state index contributed by atoms with van der Waals surface area (Å²) in [6.45, 7) is 4.86.